The maximum Gasteiger partial charge on any atom is 0.182 e. The van der Waals surface area contributed by atoms with Gasteiger partial charge in [-0.1, -0.05) is 0 Å². The van der Waals surface area contributed by atoms with Crippen molar-refractivity contribution in [2.45, 2.75) is 13.8 Å². The molecule has 2 N–H and O–H groups in total. The Labute approximate surface area is 88.0 Å². The minimum Gasteiger partial charge on any atom is -0.383 e. The van der Waals surface area contributed by atoms with Gasteiger partial charge in [0.25, 0.3) is 0 Å². The molecule has 0 spiro atoms. The van der Waals surface area contributed by atoms with Crippen LogP contribution in [0.3, 0.4) is 0 Å². The first-order valence-corrected chi connectivity index (χ1v) is 4.68. The van der Waals surface area contributed by atoms with Gasteiger partial charge in [-0.05, 0) is 19.9 Å². The Bertz CT molecular complexity index is 477. The Kier molecular flexibility index (Phi) is 2.15. The van der Waals surface area contributed by atoms with Crippen molar-refractivity contribution in [1.29, 1.82) is 0 Å². The summed E-state index contributed by atoms with van der Waals surface area (Å²) >= 11 is 0. The van der Waals surface area contributed by atoms with Gasteiger partial charge in [0.2, 0.25) is 0 Å². The van der Waals surface area contributed by atoms with E-state index in [-0.39, 0.29) is 0 Å². The molecule has 0 bridgehead atoms. The van der Waals surface area contributed by atoms with Crippen molar-refractivity contribution < 1.29 is 0 Å². The molecule has 0 aromatic carbocycles. The monoisotopic (exact) mass is 203 g/mol. The minimum atomic E-state index is 0.517. The second kappa shape index (κ2) is 3.34. The number of hydrogen-bond acceptors (Lipinski definition) is 4. The third-order valence-electron chi connectivity index (χ3n) is 2.37. The molecular formula is C10H13N5. The molecule has 2 rings (SSSR count). The first-order chi connectivity index (χ1) is 7.08. The van der Waals surface area contributed by atoms with Crippen LogP contribution in [0.15, 0.2) is 12.3 Å². The summed E-state index contributed by atoms with van der Waals surface area (Å²) in [5, 5.41) is 4.23. The van der Waals surface area contributed by atoms with E-state index in [0.717, 1.165) is 17.0 Å². The van der Waals surface area contributed by atoms with Crippen LogP contribution in [0.4, 0.5) is 5.82 Å². The maximum atomic E-state index is 5.78. The molecule has 0 fully saturated rings. The first-order valence-electron chi connectivity index (χ1n) is 4.68. The van der Waals surface area contributed by atoms with Crippen LogP contribution in [0.1, 0.15) is 11.3 Å². The van der Waals surface area contributed by atoms with E-state index in [1.807, 2.05) is 33.2 Å². The van der Waals surface area contributed by atoms with Crippen LogP contribution in [-0.2, 0) is 7.05 Å². The quantitative estimate of drug-likeness (QED) is 0.752. The Balaban J connectivity index is 2.55. The summed E-state index contributed by atoms with van der Waals surface area (Å²) in [6.07, 6.45) is 1.85. The second-order valence-electron chi connectivity index (χ2n) is 3.52. The van der Waals surface area contributed by atoms with E-state index in [4.69, 9.17) is 5.73 Å². The Hall–Kier alpha value is -1.91. The maximum absolute atomic E-state index is 5.78. The molecule has 78 valence electrons. The van der Waals surface area contributed by atoms with Crippen molar-refractivity contribution in [3.8, 4) is 11.5 Å². The van der Waals surface area contributed by atoms with Crippen LogP contribution in [0.25, 0.3) is 11.5 Å². The molecule has 0 aliphatic heterocycles. The number of nitrogens with two attached hydrogens (primary N) is 1. The molecule has 0 aliphatic rings. The van der Waals surface area contributed by atoms with Gasteiger partial charge >= 0.3 is 0 Å². The number of aromatic nitrogens is 4. The molecule has 0 aliphatic carbocycles. The topological polar surface area (TPSA) is 69.6 Å². The molecule has 2 aromatic heterocycles. The SMILES string of the molecule is Cc1nc(-c2ccn(C)n2)nc(N)c1C. The molecule has 5 heteroatoms. The molecule has 0 saturated carbocycles. The molecule has 5 nitrogen and oxygen atoms in total. The van der Waals surface area contributed by atoms with Gasteiger partial charge in [0.05, 0.1) is 0 Å². The van der Waals surface area contributed by atoms with Crippen molar-refractivity contribution >= 4 is 5.82 Å². The minimum absolute atomic E-state index is 0.517. The normalized spacial score (nSPS) is 10.6. The number of nitrogens with zero attached hydrogens (tertiary/aromatic N) is 4. The molecule has 2 aromatic rings. The summed E-state index contributed by atoms with van der Waals surface area (Å²) in [7, 11) is 1.86. The van der Waals surface area contributed by atoms with Gasteiger partial charge in [0.1, 0.15) is 11.5 Å². The zero-order chi connectivity index (χ0) is 11.0. The molecule has 0 unspecified atom stereocenters. The van der Waals surface area contributed by atoms with Crippen LogP contribution in [0.2, 0.25) is 0 Å². The van der Waals surface area contributed by atoms with Gasteiger partial charge < -0.3 is 5.73 Å². The van der Waals surface area contributed by atoms with Crippen molar-refractivity contribution in [3.05, 3.63) is 23.5 Å². The van der Waals surface area contributed by atoms with E-state index in [0.29, 0.717) is 11.6 Å². The van der Waals surface area contributed by atoms with Crippen LogP contribution in [0.5, 0.6) is 0 Å². The Morgan fingerprint density at radius 3 is 2.53 bits per heavy atom. The molecular weight excluding hydrogens is 190 g/mol. The van der Waals surface area contributed by atoms with Crippen molar-refractivity contribution in [2.24, 2.45) is 7.05 Å². The van der Waals surface area contributed by atoms with E-state index in [9.17, 15) is 0 Å². The number of nitrogen functional groups attached to an aromatic ring is 1. The van der Waals surface area contributed by atoms with Gasteiger partial charge in [-0.25, -0.2) is 9.97 Å². The standard InChI is InChI=1S/C10H13N5/c1-6-7(2)12-10(13-9(6)11)8-4-5-15(3)14-8/h4-5H,1-3H3,(H2,11,12,13). The zero-order valence-corrected chi connectivity index (χ0v) is 9.02. The summed E-state index contributed by atoms with van der Waals surface area (Å²) in [6.45, 7) is 3.83. The Morgan fingerprint density at radius 2 is 2.00 bits per heavy atom. The zero-order valence-electron chi connectivity index (χ0n) is 9.02. The fraction of sp³-hybridized carbons (Fsp3) is 0.300. The molecule has 0 radical (unpaired) electrons. The van der Waals surface area contributed by atoms with Crippen LogP contribution in [-0.4, -0.2) is 19.7 Å². The third kappa shape index (κ3) is 1.68. The lowest BCUT2D eigenvalue weighted by molar-refractivity contribution is 0.768. The lowest BCUT2D eigenvalue weighted by atomic mass is 10.2. The van der Waals surface area contributed by atoms with Crippen molar-refractivity contribution in [1.82, 2.24) is 19.7 Å². The molecule has 2 heterocycles. The van der Waals surface area contributed by atoms with E-state index in [1.54, 1.807) is 4.68 Å². The van der Waals surface area contributed by atoms with Crippen LogP contribution < -0.4 is 5.73 Å². The summed E-state index contributed by atoms with van der Waals surface area (Å²) in [6, 6.07) is 1.86. The third-order valence-corrected chi connectivity index (χ3v) is 2.37. The van der Waals surface area contributed by atoms with Gasteiger partial charge in [0, 0.05) is 24.5 Å². The number of rotatable bonds is 1. The largest absolute Gasteiger partial charge is 0.383 e. The predicted molar refractivity (Wildman–Crippen MR) is 58.1 cm³/mol. The van der Waals surface area contributed by atoms with Gasteiger partial charge in [-0.15, -0.1) is 0 Å². The van der Waals surface area contributed by atoms with Crippen molar-refractivity contribution in [3.63, 3.8) is 0 Å². The highest BCUT2D eigenvalue weighted by Gasteiger charge is 2.08. The molecule has 0 amide bonds. The second-order valence-corrected chi connectivity index (χ2v) is 3.52. The van der Waals surface area contributed by atoms with E-state index >= 15 is 0 Å². The van der Waals surface area contributed by atoms with Gasteiger partial charge in [0.15, 0.2) is 5.82 Å². The average molecular weight is 203 g/mol. The fourth-order valence-corrected chi connectivity index (χ4v) is 1.30. The summed E-state index contributed by atoms with van der Waals surface area (Å²) in [5.41, 5.74) is 8.34. The lowest BCUT2D eigenvalue weighted by Gasteiger charge is -2.04. The molecule has 0 atom stereocenters. The Morgan fingerprint density at radius 1 is 1.27 bits per heavy atom. The highest BCUT2D eigenvalue weighted by Crippen LogP contribution is 2.17. The smallest absolute Gasteiger partial charge is 0.182 e. The van der Waals surface area contributed by atoms with E-state index < -0.39 is 0 Å². The van der Waals surface area contributed by atoms with E-state index in [1.165, 1.54) is 0 Å². The highest BCUT2D eigenvalue weighted by molar-refractivity contribution is 5.54. The number of anilines is 1. The molecule has 0 saturated heterocycles. The predicted octanol–water partition coefficient (Wildman–Crippen LogP) is 1.08. The summed E-state index contributed by atoms with van der Waals surface area (Å²) in [4.78, 5) is 8.56. The lowest BCUT2D eigenvalue weighted by Crippen LogP contribution is -2.02. The summed E-state index contributed by atoms with van der Waals surface area (Å²) in [5.74, 6) is 1.10. The van der Waals surface area contributed by atoms with Crippen molar-refractivity contribution in [2.75, 3.05) is 5.73 Å². The van der Waals surface area contributed by atoms with Gasteiger partial charge in [-0.2, -0.15) is 5.10 Å². The van der Waals surface area contributed by atoms with Crippen LogP contribution >= 0.6 is 0 Å². The van der Waals surface area contributed by atoms with E-state index in [2.05, 4.69) is 15.1 Å². The molecule has 15 heavy (non-hydrogen) atoms. The summed E-state index contributed by atoms with van der Waals surface area (Å²) < 4.78 is 1.71. The number of hydrogen-bond donors (Lipinski definition) is 1. The van der Waals surface area contributed by atoms with Crippen LogP contribution in [0, 0.1) is 13.8 Å². The van der Waals surface area contributed by atoms with Gasteiger partial charge in [-0.3, -0.25) is 4.68 Å². The number of aryl methyl sites for hydroxylation is 2. The first kappa shape index (κ1) is 9.64. The fourth-order valence-electron chi connectivity index (χ4n) is 1.30. The average Bonchev–Trinajstić information content (AvgIpc) is 2.60. The highest BCUT2D eigenvalue weighted by atomic mass is 15.3.